The Morgan fingerprint density at radius 3 is 2.67 bits per heavy atom. The minimum absolute atomic E-state index is 0.375. The van der Waals surface area contributed by atoms with E-state index < -0.39 is 10.0 Å². The Labute approximate surface area is 130 Å². The lowest BCUT2D eigenvalue weighted by atomic mass is 10.1. The zero-order chi connectivity index (χ0) is 13.8. The van der Waals surface area contributed by atoms with Gasteiger partial charge in [0.15, 0.2) is 0 Å². The second kappa shape index (κ2) is 7.38. The quantitative estimate of drug-likeness (QED) is 0.538. The minimum atomic E-state index is -3.34. The van der Waals surface area contributed by atoms with E-state index in [1.54, 1.807) is 6.07 Å². The van der Waals surface area contributed by atoms with Gasteiger partial charge in [0.2, 0.25) is 10.0 Å². The van der Waals surface area contributed by atoms with Crippen molar-refractivity contribution in [2.24, 2.45) is 5.92 Å². The predicted octanol–water partition coefficient (Wildman–Crippen LogP) is 3.91. The molecule has 0 amide bonds. The molecule has 0 aromatic carbocycles. The second-order valence-corrected chi connectivity index (χ2v) is 9.33. The van der Waals surface area contributed by atoms with Gasteiger partial charge in [-0.1, -0.05) is 22.9 Å². The number of aryl methyl sites for hydroxylation is 1. The lowest BCUT2D eigenvalue weighted by Crippen LogP contribution is -2.24. The maximum Gasteiger partial charge on any atom is 0.250 e. The minimum Gasteiger partial charge on any atom is -0.210 e. The van der Waals surface area contributed by atoms with Crippen LogP contribution < -0.4 is 4.72 Å². The van der Waals surface area contributed by atoms with Crippen molar-refractivity contribution in [1.82, 2.24) is 4.72 Å². The number of sulfonamides is 1. The van der Waals surface area contributed by atoms with Crippen LogP contribution in [0.1, 0.15) is 25.3 Å². The maximum atomic E-state index is 12.0. The normalized spacial score (nSPS) is 13.8. The van der Waals surface area contributed by atoms with E-state index in [9.17, 15) is 8.42 Å². The van der Waals surface area contributed by atoms with Crippen LogP contribution in [0.3, 0.4) is 0 Å². The Balaban J connectivity index is 2.50. The number of nitrogens with one attached hydrogen (secondary N) is 1. The standard InChI is InChI=1S/C11H17Br2NO2S2/c1-8(7-12)4-3-5-14-18(15,16)10-6-9(2)11(13)17-10/h6,8,14H,3-5,7H2,1-2H3. The van der Waals surface area contributed by atoms with Gasteiger partial charge < -0.3 is 0 Å². The van der Waals surface area contributed by atoms with E-state index in [2.05, 4.69) is 43.5 Å². The molecule has 0 aliphatic rings. The van der Waals surface area contributed by atoms with Gasteiger partial charge in [-0.05, 0) is 53.2 Å². The molecule has 1 aromatic heterocycles. The Hall–Kier alpha value is 0.570. The van der Waals surface area contributed by atoms with Gasteiger partial charge in [0.05, 0.1) is 3.79 Å². The number of hydrogen-bond donors (Lipinski definition) is 1. The molecule has 1 aromatic rings. The van der Waals surface area contributed by atoms with Crippen molar-refractivity contribution in [3.63, 3.8) is 0 Å². The second-order valence-electron chi connectivity index (χ2n) is 4.32. The molecule has 18 heavy (non-hydrogen) atoms. The summed E-state index contributed by atoms with van der Waals surface area (Å²) in [5.74, 6) is 0.577. The molecule has 0 aliphatic heterocycles. The Morgan fingerprint density at radius 2 is 2.17 bits per heavy atom. The first-order chi connectivity index (χ1) is 8.36. The molecule has 1 unspecified atom stereocenters. The highest BCUT2D eigenvalue weighted by molar-refractivity contribution is 9.11. The summed E-state index contributed by atoms with van der Waals surface area (Å²) >= 11 is 8.00. The van der Waals surface area contributed by atoms with Gasteiger partial charge in [0.1, 0.15) is 4.21 Å². The van der Waals surface area contributed by atoms with Crippen LogP contribution in [0, 0.1) is 12.8 Å². The molecular formula is C11H17Br2NO2S2. The van der Waals surface area contributed by atoms with Gasteiger partial charge in [-0.3, -0.25) is 0 Å². The van der Waals surface area contributed by atoms with Crippen LogP contribution in [0.2, 0.25) is 0 Å². The van der Waals surface area contributed by atoms with Crippen molar-refractivity contribution in [1.29, 1.82) is 0 Å². The number of halogens is 2. The summed E-state index contributed by atoms with van der Waals surface area (Å²) in [6, 6.07) is 1.69. The van der Waals surface area contributed by atoms with Gasteiger partial charge in [-0.2, -0.15) is 0 Å². The highest BCUT2D eigenvalue weighted by atomic mass is 79.9. The number of thiophene rings is 1. The third-order valence-electron chi connectivity index (χ3n) is 2.53. The van der Waals surface area contributed by atoms with Crippen molar-refractivity contribution in [3.05, 3.63) is 15.4 Å². The molecular weight excluding hydrogens is 402 g/mol. The summed E-state index contributed by atoms with van der Waals surface area (Å²) in [6.45, 7) is 4.52. The highest BCUT2D eigenvalue weighted by Gasteiger charge is 2.17. The summed E-state index contributed by atoms with van der Waals surface area (Å²) < 4.78 is 27.9. The van der Waals surface area contributed by atoms with Crippen LogP contribution in [0.4, 0.5) is 0 Å². The molecule has 1 atom stereocenters. The average Bonchev–Trinajstić information content (AvgIpc) is 2.66. The van der Waals surface area contributed by atoms with E-state index >= 15 is 0 Å². The molecule has 0 bridgehead atoms. The lowest BCUT2D eigenvalue weighted by Gasteiger charge is -2.08. The van der Waals surface area contributed by atoms with Crippen LogP contribution in [0.5, 0.6) is 0 Å². The molecule has 1 heterocycles. The van der Waals surface area contributed by atoms with E-state index in [4.69, 9.17) is 0 Å². The molecule has 0 fully saturated rings. The van der Waals surface area contributed by atoms with Crippen molar-refractivity contribution in [3.8, 4) is 0 Å². The topological polar surface area (TPSA) is 46.2 Å². The van der Waals surface area contributed by atoms with Crippen LogP contribution in [-0.2, 0) is 10.0 Å². The van der Waals surface area contributed by atoms with E-state index in [0.29, 0.717) is 16.7 Å². The first-order valence-corrected chi connectivity index (χ1v) is 9.89. The van der Waals surface area contributed by atoms with E-state index in [-0.39, 0.29) is 0 Å². The highest BCUT2D eigenvalue weighted by Crippen LogP contribution is 2.30. The average molecular weight is 419 g/mol. The molecule has 0 saturated carbocycles. The molecule has 3 nitrogen and oxygen atoms in total. The van der Waals surface area contributed by atoms with Gasteiger partial charge in [-0.15, -0.1) is 11.3 Å². The van der Waals surface area contributed by atoms with Crippen molar-refractivity contribution < 1.29 is 8.42 Å². The van der Waals surface area contributed by atoms with E-state index in [0.717, 1.165) is 27.5 Å². The number of alkyl halides is 1. The zero-order valence-corrected chi connectivity index (χ0v) is 15.2. The van der Waals surface area contributed by atoms with Gasteiger partial charge in [-0.25, -0.2) is 13.1 Å². The zero-order valence-electron chi connectivity index (χ0n) is 10.4. The first kappa shape index (κ1) is 16.6. The SMILES string of the molecule is Cc1cc(S(=O)(=O)NCCCC(C)CBr)sc1Br. The summed E-state index contributed by atoms with van der Waals surface area (Å²) in [4.78, 5) is 0. The molecule has 1 rings (SSSR count). The largest absolute Gasteiger partial charge is 0.250 e. The fraction of sp³-hybridized carbons (Fsp3) is 0.636. The molecule has 0 aliphatic carbocycles. The van der Waals surface area contributed by atoms with Gasteiger partial charge in [0, 0.05) is 11.9 Å². The Morgan fingerprint density at radius 1 is 1.50 bits per heavy atom. The summed E-state index contributed by atoms with van der Waals surface area (Å²) in [7, 11) is -3.34. The maximum absolute atomic E-state index is 12.0. The third kappa shape index (κ3) is 4.92. The van der Waals surface area contributed by atoms with Crippen LogP contribution in [0.15, 0.2) is 14.1 Å². The molecule has 0 radical (unpaired) electrons. The van der Waals surface area contributed by atoms with Crippen molar-refractivity contribution in [2.45, 2.75) is 30.9 Å². The Bertz CT molecular complexity index is 466. The van der Waals surface area contributed by atoms with Gasteiger partial charge in [0.25, 0.3) is 0 Å². The molecule has 0 spiro atoms. The van der Waals surface area contributed by atoms with E-state index in [1.807, 2.05) is 6.92 Å². The fourth-order valence-electron chi connectivity index (χ4n) is 1.37. The fourth-order valence-corrected chi connectivity index (χ4v) is 5.04. The van der Waals surface area contributed by atoms with Crippen LogP contribution >= 0.6 is 43.2 Å². The molecule has 104 valence electrons. The lowest BCUT2D eigenvalue weighted by molar-refractivity contribution is 0.547. The smallest absolute Gasteiger partial charge is 0.210 e. The van der Waals surface area contributed by atoms with Gasteiger partial charge >= 0.3 is 0 Å². The first-order valence-electron chi connectivity index (χ1n) is 5.68. The van der Waals surface area contributed by atoms with Crippen molar-refractivity contribution in [2.75, 3.05) is 11.9 Å². The monoisotopic (exact) mass is 417 g/mol. The van der Waals surface area contributed by atoms with E-state index in [1.165, 1.54) is 11.3 Å². The molecule has 7 heteroatoms. The Kier molecular flexibility index (Phi) is 6.81. The summed E-state index contributed by atoms with van der Waals surface area (Å²) in [6.07, 6.45) is 1.87. The molecule has 1 N–H and O–H groups in total. The number of rotatable bonds is 7. The van der Waals surface area contributed by atoms with Crippen LogP contribution in [0.25, 0.3) is 0 Å². The third-order valence-corrected chi connectivity index (χ3v) is 7.71. The van der Waals surface area contributed by atoms with Crippen LogP contribution in [-0.4, -0.2) is 20.3 Å². The molecule has 0 saturated heterocycles. The predicted molar refractivity (Wildman–Crippen MR) is 84.1 cm³/mol. The number of hydrogen-bond acceptors (Lipinski definition) is 3. The summed E-state index contributed by atoms with van der Waals surface area (Å²) in [5, 5.41) is 0.955. The van der Waals surface area contributed by atoms with Crippen molar-refractivity contribution >= 4 is 53.2 Å². The summed E-state index contributed by atoms with van der Waals surface area (Å²) in [5.41, 5.74) is 0.952.